The van der Waals surface area contributed by atoms with Gasteiger partial charge >= 0.3 is 0 Å². The molecule has 1 heteroatoms. The highest BCUT2D eigenvalue weighted by atomic mass is 16.5. The molecule has 0 aliphatic heterocycles. The summed E-state index contributed by atoms with van der Waals surface area (Å²) in [5, 5.41) is 0. The van der Waals surface area contributed by atoms with Gasteiger partial charge in [0.25, 0.3) is 0 Å². The molecular formula is C15H18O. The van der Waals surface area contributed by atoms with Gasteiger partial charge in [0.2, 0.25) is 0 Å². The topological polar surface area (TPSA) is 9.23 Å². The molecule has 0 saturated heterocycles. The first-order valence-electron chi connectivity index (χ1n) is 5.34. The molecule has 0 radical (unpaired) electrons. The molecule has 0 heterocycles. The second kappa shape index (κ2) is 6.67. The van der Waals surface area contributed by atoms with E-state index >= 15 is 0 Å². The van der Waals surface area contributed by atoms with Crippen molar-refractivity contribution in [2.24, 2.45) is 0 Å². The van der Waals surface area contributed by atoms with Crippen molar-refractivity contribution in [1.29, 1.82) is 0 Å². The molecule has 0 unspecified atom stereocenters. The van der Waals surface area contributed by atoms with E-state index in [1.165, 1.54) is 11.1 Å². The Morgan fingerprint density at radius 3 is 1.56 bits per heavy atom. The summed E-state index contributed by atoms with van der Waals surface area (Å²) in [5.41, 5.74) is 2.58. The summed E-state index contributed by atoms with van der Waals surface area (Å²) in [6.45, 7) is 4.14. The predicted octanol–water partition coefficient (Wildman–Crippen LogP) is 4.00. The van der Waals surface area contributed by atoms with Gasteiger partial charge in [0.1, 0.15) is 5.75 Å². The number of ether oxygens (including phenoxy) is 1. The second-order valence-electron chi connectivity index (χ2n) is 3.67. The summed E-state index contributed by atoms with van der Waals surface area (Å²) in [7, 11) is 1.67. The number of rotatable bonds is 1. The Hall–Kier alpha value is -1.76. The van der Waals surface area contributed by atoms with Crippen LogP contribution in [-0.4, -0.2) is 7.11 Å². The largest absolute Gasteiger partial charge is 0.497 e. The third kappa shape index (κ3) is 4.65. The highest BCUT2D eigenvalue weighted by Gasteiger charge is 1.85. The predicted molar refractivity (Wildman–Crippen MR) is 68.9 cm³/mol. The molecule has 0 amide bonds. The lowest BCUT2D eigenvalue weighted by molar-refractivity contribution is 0.414. The van der Waals surface area contributed by atoms with Crippen molar-refractivity contribution in [2.75, 3.05) is 7.11 Å². The smallest absolute Gasteiger partial charge is 0.118 e. The number of aryl methyl sites for hydroxylation is 2. The van der Waals surface area contributed by atoms with Gasteiger partial charge in [0, 0.05) is 0 Å². The zero-order valence-corrected chi connectivity index (χ0v) is 10.1. The van der Waals surface area contributed by atoms with Gasteiger partial charge in [-0.1, -0.05) is 53.6 Å². The Morgan fingerprint density at radius 2 is 1.19 bits per heavy atom. The molecule has 2 rings (SSSR count). The first-order valence-corrected chi connectivity index (χ1v) is 5.34. The second-order valence-corrected chi connectivity index (χ2v) is 3.67. The lowest BCUT2D eigenvalue weighted by atomic mass is 10.2. The van der Waals surface area contributed by atoms with Gasteiger partial charge in [-0.2, -0.15) is 0 Å². The minimum Gasteiger partial charge on any atom is -0.497 e. The molecule has 0 aromatic heterocycles. The Bertz CT molecular complexity index is 390. The van der Waals surface area contributed by atoms with Crippen molar-refractivity contribution in [2.45, 2.75) is 13.8 Å². The maximum absolute atomic E-state index is 4.97. The Morgan fingerprint density at radius 1 is 0.688 bits per heavy atom. The molecular weight excluding hydrogens is 196 g/mol. The maximum atomic E-state index is 4.97. The third-order valence-electron chi connectivity index (χ3n) is 2.20. The van der Waals surface area contributed by atoms with E-state index in [0.29, 0.717) is 0 Å². The number of hydrogen-bond acceptors (Lipinski definition) is 1. The summed E-state index contributed by atoms with van der Waals surface area (Å²) in [4.78, 5) is 0. The third-order valence-corrected chi connectivity index (χ3v) is 2.20. The standard InChI is InChI=1S/C8H10O.C7H8/c1-7-3-5-8(9-2)6-4-7;1-7-5-3-2-4-6-7/h3-6H,1-2H3;2-6H,1H3. The van der Waals surface area contributed by atoms with E-state index < -0.39 is 0 Å². The van der Waals surface area contributed by atoms with Crippen molar-refractivity contribution < 1.29 is 4.74 Å². The van der Waals surface area contributed by atoms with Gasteiger partial charge in [-0.05, 0) is 26.0 Å². The summed E-state index contributed by atoms with van der Waals surface area (Å²) in [6.07, 6.45) is 0. The molecule has 0 atom stereocenters. The van der Waals surface area contributed by atoms with Gasteiger partial charge in [0.15, 0.2) is 0 Å². The molecule has 0 spiro atoms. The Labute approximate surface area is 97.7 Å². The normalized spacial score (nSPS) is 8.94. The maximum Gasteiger partial charge on any atom is 0.118 e. The highest BCUT2D eigenvalue weighted by molar-refractivity contribution is 5.25. The fraction of sp³-hybridized carbons (Fsp3) is 0.200. The molecule has 0 aliphatic carbocycles. The Balaban J connectivity index is 0.000000165. The fourth-order valence-corrected chi connectivity index (χ4v) is 1.21. The van der Waals surface area contributed by atoms with Crippen LogP contribution in [-0.2, 0) is 0 Å². The molecule has 0 fully saturated rings. The summed E-state index contributed by atoms with van der Waals surface area (Å²) >= 11 is 0. The minimum absolute atomic E-state index is 0.917. The van der Waals surface area contributed by atoms with Crippen LogP contribution < -0.4 is 4.74 Å². The molecule has 16 heavy (non-hydrogen) atoms. The van der Waals surface area contributed by atoms with Crippen LogP contribution in [0.2, 0.25) is 0 Å². The molecule has 0 aliphatic rings. The minimum atomic E-state index is 0.917. The van der Waals surface area contributed by atoms with Crippen molar-refractivity contribution in [3.8, 4) is 5.75 Å². The van der Waals surface area contributed by atoms with Gasteiger partial charge in [-0.15, -0.1) is 0 Å². The molecule has 0 saturated carbocycles. The molecule has 2 aromatic carbocycles. The first-order chi connectivity index (χ1) is 7.72. The van der Waals surface area contributed by atoms with E-state index in [1.807, 2.05) is 42.5 Å². The van der Waals surface area contributed by atoms with E-state index in [2.05, 4.69) is 26.0 Å². The van der Waals surface area contributed by atoms with Crippen molar-refractivity contribution >= 4 is 0 Å². The van der Waals surface area contributed by atoms with Crippen molar-refractivity contribution in [1.82, 2.24) is 0 Å². The number of methoxy groups -OCH3 is 1. The van der Waals surface area contributed by atoms with E-state index in [1.54, 1.807) is 7.11 Å². The van der Waals surface area contributed by atoms with Crippen molar-refractivity contribution in [3.63, 3.8) is 0 Å². The van der Waals surface area contributed by atoms with Crippen molar-refractivity contribution in [3.05, 3.63) is 65.7 Å². The van der Waals surface area contributed by atoms with E-state index in [0.717, 1.165) is 5.75 Å². The van der Waals surface area contributed by atoms with E-state index in [4.69, 9.17) is 4.74 Å². The molecule has 0 bridgehead atoms. The van der Waals surface area contributed by atoms with E-state index in [9.17, 15) is 0 Å². The fourth-order valence-electron chi connectivity index (χ4n) is 1.21. The van der Waals surface area contributed by atoms with Crippen LogP contribution in [0, 0.1) is 13.8 Å². The summed E-state index contributed by atoms with van der Waals surface area (Å²) in [6, 6.07) is 18.2. The van der Waals surface area contributed by atoms with Gasteiger partial charge < -0.3 is 4.74 Å². The monoisotopic (exact) mass is 214 g/mol. The molecule has 84 valence electrons. The van der Waals surface area contributed by atoms with Crippen LogP contribution in [0.4, 0.5) is 0 Å². The summed E-state index contributed by atoms with van der Waals surface area (Å²) in [5.74, 6) is 0.917. The molecule has 0 N–H and O–H groups in total. The molecule has 1 nitrogen and oxygen atoms in total. The van der Waals surface area contributed by atoms with Gasteiger partial charge in [-0.25, -0.2) is 0 Å². The van der Waals surface area contributed by atoms with E-state index in [-0.39, 0.29) is 0 Å². The zero-order valence-electron chi connectivity index (χ0n) is 10.1. The SMILES string of the molecule is COc1ccc(C)cc1.Cc1ccccc1. The summed E-state index contributed by atoms with van der Waals surface area (Å²) < 4.78 is 4.97. The number of benzene rings is 2. The lowest BCUT2D eigenvalue weighted by Crippen LogP contribution is -1.80. The average molecular weight is 214 g/mol. The number of hydrogen-bond donors (Lipinski definition) is 0. The van der Waals surface area contributed by atoms with Crippen LogP contribution >= 0.6 is 0 Å². The lowest BCUT2D eigenvalue weighted by Gasteiger charge is -1.97. The van der Waals surface area contributed by atoms with Crippen LogP contribution in [0.25, 0.3) is 0 Å². The quantitative estimate of drug-likeness (QED) is 0.697. The first kappa shape index (κ1) is 12.3. The zero-order chi connectivity index (χ0) is 11.8. The van der Waals surface area contributed by atoms with Crippen LogP contribution in [0.15, 0.2) is 54.6 Å². The highest BCUT2D eigenvalue weighted by Crippen LogP contribution is 2.09. The molecule has 2 aromatic rings. The van der Waals surface area contributed by atoms with Crippen LogP contribution in [0.3, 0.4) is 0 Å². The Kier molecular flexibility index (Phi) is 5.13. The van der Waals surface area contributed by atoms with Crippen LogP contribution in [0.5, 0.6) is 5.75 Å². The van der Waals surface area contributed by atoms with Crippen LogP contribution in [0.1, 0.15) is 11.1 Å². The van der Waals surface area contributed by atoms with Gasteiger partial charge in [0.05, 0.1) is 7.11 Å². The average Bonchev–Trinajstić information content (AvgIpc) is 2.32. The van der Waals surface area contributed by atoms with Gasteiger partial charge in [-0.3, -0.25) is 0 Å².